The van der Waals surface area contributed by atoms with Gasteiger partial charge in [-0.1, -0.05) is 18.2 Å². The van der Waals surface area contributed by atoms with Crippen molar-refractivity contribution in [2.75, 3.05) is 0 Å². The quantitative estimate of drug-likeness (QED) is 0.514. The first-order chi connectivity index (χ1) is 5.38. The maximum absolute atomic E-state index is 11.2. The van der Waals surface area contributed by atoms with Crippen molar-refractivity contribution in [1.82, 2.24) is 5.06 Å². The summed E-state index contributed by atoms with van der Waals surface area (Å²) in [7, 11) is 0. The molecule has 0 radical (unpaired) electrons. The summed E-state index contributed by atoms with van der Waals surface area (Å²) in [5.41, 5.74) is 1.78. The van der Waals surface area contributed by atoms with Crippen molar-refractivity contribution in [3.8, 4) is 0 Å². The lowest BCUT2D eigenvalue weighted by Gasteiger charge is -1.95. The summed E-state index contributed by atoms with van der Waals surface area (Å²) in [6.45, 7) is 0. The van der Waals surface area contributed by atoms with Crippen LogP contribution in [0.25, 0.3) is 0 Å². The van der Waals surface area contributed by atoms with Crippen LogP contribution < -0.4 is 0 Å². The highest BCUT2D eigenvalue weighted by atomic mass is 16.8. The third kappa shape index (κ3) is 0.500. The first-order valence-corrected chi connectivity index (χ1v) is 3.47. The Morgan fingerprint density at radius 3 is 3.00 bits per heavy atom. The molecule has 0 bridgehead atoms. The molecule has 2 heterocycles. The predicted octanol–water partition coefficient (Wildman–Crippen LogP) is 1.09. The van der Waals surface area contributed by atoms with E-state index in [0.717, 1.165) is 11.1 Å². The van der Waals surface area contributed by atoms with Gasteiger partial charge in [0.2, 0.25) is 6.23 Å². The molecule has 3 heteroatoms. The molecule has 1 unspecified atom stereocenters. The molecule has 2 aliphatic rings. The largest absolute Gasteiger partial charge is 0.280 e. The Hall–Kier alpha value is -1.35. The van der Waals surface area contributed by atoms with Crippen molar-refractivity contribution in [1.29, 1.82) is 0 Å². The number of hydrogen-bond donors (Lipinski definition) is 0. The molecule has 0 spiro atoms. The summed E-state index contributed by atoms with van der Waals surface area (Å²) in [6.07, 6.45) is -0.0706. The average Bonchev–Trinajstić information content (AvgIpc) is 2.78. The highest BCUT2D eigenvalue weighted by Gasteiger charge is 2.51. The number of hydrogen-bond acceptors (Lipinski definition) is 2. The number of fused-ring (bicyclic) bond motifs is 3. The molecule has 54 valence electrons. The number of hydroxylamine groups is 2. The topological polar surface area (TPSA) is 32.6 Å². The van der Waals surface area contributed by atoms with Gasteiger partial charge in [0.15, 0.2) is 0 Å². The van der Waals surface area contributed by atoms with Crippen molar-refractivity contribution >= 4 is 5.91 Å². The van der Waals surface area contributed by atoms with Gasteiger partial charge < -0.3 is 0 Å². The maximum atomic E-state index is 11.2. The molecular weight excluding hydrogens is 142 g/mol. The van der Waals surface area contributed by atoms with Crippen molar-refractivity contribution in [3.63, 3.8) is 0 Å². The van der Waals surface area contributed by atoms with Gasteiger partial charge in [-0.15, -0.1) is 0 Å². The van der Waals surface area contributed by atoms with E-state index in [1.165, 1.54) is 5.06 Å². The first-order valence-electron chi connectivity index (χ1n) is 3.47. The normalized spacial score (nSPS) is 24.9. The van der Waals surface area contributed by atoms with Crippen LogP contribution in [0, 0.1) is 0 Å². The number of carbonyl (C=O) groups is 1. The number of nitrogens with zero attached hydrogens (tertiary/aromatic N) is 1. The second-order valence-corrected chi connectivity index (χ2v) is 2.68. The van der Waals surface area contributed by atoms with Crippen molar-refractivity contribution in [3.05, 3.63) is 35.4 Å². The zero-order valence-electron chi connectivity index (χ0n) is 5.65. The van der Waals surface area contributed by atoms with E-state index in [0.29, 0.717) is 0 Å². The molecule has 1 amide bonds. The highest BCUT2D eigenvalue weighted by molar-refractivity contribution is 5.99. The van der Waals surface area contributed by atoms with Gasteiger partial charge in [-0.25, -0.2) is 4.84 Å². The van der Waals surface area contributed by atoms with E-state index in [4.69, 9.17) is 4.84 Å². The Bertz CT molecular complexity index is 348. The Morgan fingerprint density at radius 1 is 1.36 bits per heavy atom. The van der Waals surface area contributed by atoms with Gasteiger partial charge >= 0.3 is 0 Å². The Labute approximate surface area is 63.1 Å². The summed E-state index contributed by atoms with van der Waals surface area (Å²) in [6, 6.07) is 7.53. The predicted molar refractivity (Wildman–Crippen MR) is 36.4 cm³/mol. The minimum Gasteiger partial charge on any atom is -0.267 e. The van der Waals surface area contributed by atoms with Gasteiger partial charge in [0.05, 0.1) is 0 Å². The fraction of sp³-hybridized carbons (Fsp3) is 0.125. The van der Waals surface area contributed by atoms with Crippen LogP contribution in [0.15, 0.2) is 24.3 Å². The van der Waals surface area contributed by atoms with Gasteiger partial charge in [-0.3, -0.25) is 4.79 Å². The molecule has 1 atom stereocenters. The van der Waals surface area contributed by atoms with Gasteiger partial charge in [-0.2, -0.15) is 5.06 Å². The summed E-state index contributed by atoms with van der Waals surface area (Å²) in [5, 5.41) is 1.39. The maximum Gasteiger partial charge on any atom is 0.280 e. The van der Waals surface area contributed by atoms with Crippen molar-refractivity contribution in [2.24, 2.45) is 0 Å². The van der Waals surface area contributed by atoms with E-state index < -0.39 is 0 Å². The summed E-state index contributed by atoms with van der Waals surface area (Å²) in [4.78, 5) is 16.2. The molecule has 0 N–H and O–H groups in total. The number of benzene rings is 1. The van der Waals surface area contributed by atoms with Crippen LogP contribution in [0.4, 0.5) is 0 Å². The first kappa shape index (κ1) is 5.32. The standard InChI is InChI=1S/C8H5NO2/c10-7-5-3-1-2-4-6(5)8-9(7)11-8/h1-4,8H. The molecular formula is C8H5NO2. The van der Waals surface area contributed by atoms with Crippen LogP contribution in [-0.2, 0) is 4.84 Å². The summed E-state index contributed by atoms with van der Waals surface area (Å²) >= 11 is 0. The zero-order chi connectivity index (χ0) is 7.42. The summed E-state index contributed by atoms with van der Waals surface area (Å²) in [5.74, 6) is -0.00870. The molecule has 2 aliphatic heterocycles. The third-order valence-electron chi connectivity index (χ3n) is 2.04. The Kier molecular flexibility index (Phi) is 0.704. The number of amides is 1. The molecule has 1 aromatic carbocycles. The zero-order valence-corrected chi connectivity index (χ0v) is 5.65. The lowest BCUT2D eigenvalue weighted by Crippen LogP contribution is -2.04. The minimum absolute atomic E-state index is 0.00870. The monoisotopic (exact) mass is 147 g/mol. The molecule has 3 rings (SSSR count). The highest BCUT2D eigenvalue weighted by Crippen LogP contribution is 2.45. The van der Waals surface area contributed by atoms with Crippen molar-refractivity contribution in [2.45, 2.75) is 6.23 Å². The lowest BCUT2D eigenvalue weighted by molar-refractivity contribution is 0.0711. The number of carbonyl (C=O) groups excluding carboxylic acids is 1. The molecule has 0 saturated carbocycles. The van der Waals surface area contributed by atoms with Crippen LogP contribution in [0.1, 0.15) is 22.1 Å². The molecule has 0 aromatic heterocycles. The summed E-state index contributed by atoms with van der Waals surface area (Å²) < 4.78 is 0. The van der Waals surface area contributed by atoms with E-state index in [-0.39, 0.29) is 12.1 Å². The average molecular weight is 147 g/mol. The second-order valence-electron chi connectivity index (χ2n) is 2.68. The molecule has 1 aromatic rings. The lowest BCUT2D eigenvalue weighted by atomic mass is 10.1. The second kappa shape index (κ2) is 1.46. The molecule has 3 nitrogen and oxygen atoms in total. The number of rotatable bonds is 0. The van der Waals surface area contributed by atoms with Crippen LogP contribution in [-0.4, -0.2) is 11.0 Å². The van der Waals surface area contributed by atoms with E-state index in [9.17, 15) is 4.79 Å². The van der Waals surface area contributed by atoms with Crippen LogP contribution in [0.3, 0.4) is 0 Å². The van der Waals surface area contributed by atoms with E-state index in [2.05, 4.69) is 0 Å². The van der Waals surface area contributed by atoms with Crippen molar-refractivity contribution < 1.29 is 9.63 Å². The van der Waals surface area contributed by atoms with E-state index in [1.807, 2.05) is 24.3 Å². The fourth-order valence-corrected chi connectivity index (χ4v) is 1.44. The fourth-order valence-electron chi connectivity index (χ4n) is 1.44. The Balaban J connectivity index is 2.29. The smallest absolute Gasteiger partial charge is 0.267 e. The van der Waals surface area contributed by atoms with Crippen LogP contribution >= 0.6 is 0 Å². The van der Waals surface area contributed by atoms with E-state index in [1.54, 1.807) is 0 Å². The van der Waals surface area contributed by atoms with Gasteiger partial charge in [-0.05, 0) is 6.07 Å². The van der Waals surface area contributed by atoms with Gasteiger partial charge in [0.25, 0.3) is 5.91 Å². The molecule has 1 fully saturated rings. The van der Waals surface area contributed by atoms with Crippen LogP contribution in [0.2, 0.25) is 0 Å². The Morgan fingerprint density at radius 2 is 2.18 bits per heavy atom. The molecule has 0 aliphatic carbocycles. The van der Waals surface area contributed by atoms with Crippen LogP contribution in [0.5, 0.6) is 0 Å². The minimum atomic E-state index is -0.0706. The molecule has 11 heavy (non-hydrogen) atoms. The molecule has 1 saturated heterocycles. The third-order valence-corrected chi connectivity index (χ3v) is 2.04. The van der Waals surface area contributed by atoms with E-state index >= 15 is 0 Å². The van der Waals surface area contributed by atoms with Gasteiger partial charge in [0.1, 0.15) is 0 Å². The SMILES string of the molecule is O=C1c2ccccc2C2ON12. The van der Waals surface area contributed by atoms with Gasteiger partial charge in [0, 0.05) is 11.1 Å².